The largest absolute Gasteiger partial charge is 0.366 e. The fraction of sp³-hybridized carbons (Fsp3) is 0.476. The van der Waals surface area contributed by atoms with Crippen molar-refractivity contribution < 1.29 is 9.72 Å². The van der Waals surface area contributed by atoms with E-state index in [1.165, 1.54) is 10.9 Å². The first-order valence-electron chi connectivity index (χ1n) is 10.2. The molecule has 1 amide bonds. The number of hydrogen-bond acceptors (Lipinski definition) is 6. The Labute approximate surface area is 185 Å². The van der Waals surface area contributed by atoms with E-state index in [-0.39, 0.29) is 22.4 Å². The third kappa shape index (κ3) is 4.77. The Morgan fingerprint density at radius 2 is 1.77 bits per heavy atom. The van der Waals surface area contributed by atoms with Crippen molar-refractivity contribution in [3.63, 3.8) is 0 Å². The molecule has 0 radical (unpaired) electrons. The van der Waals surface area contributed by atoms with Crippen LogP contribution in [-0.2, 0) is 11.3 Å². The summed E-state index contributed by atoms with van der Waals surface area (Å²) in [4.78, 5) is 31.6. The number of piperazine rings is 1. The van der Waals surface area contributed by atoms with Gasteiger partial charge in [0, 0.05) is 62.7 Å². The minimum Gasteiger partial charge on any atom is -0.366 e. The van der Waals surface area contributed by atoms with Crippen molar-refractivity contribution in [3.05, 3.63) is 55.7 Å². The number of nitro groups is 1. The molecule has 0 bridgehead atoms. The van der Waals surface area contributed by atoms with E-state index in [0.29, 0.717) is 18.8 Å². The molecule has 0 saturated carbocycles. The number of hydrogen-bond donors (Lipinski definition) is 0. The molecule has 7 nitrogen and oxygen atoms in total. The first kappa shape index (κ1) is 21.1. The highest BCUT2D eigenvalue weighted by Crippen LogP contribution is 2.32. The van der Waals surface area contributed by atoms with E-state index < -0.39 is 0 Å². The fourth-order valence-electron chi connectivity index (χ4n) is 4.29. The highest BCUT2D eigenvalue weighted by molar-refractivity contribution is 7.16. The Kier molecular flexibility index (Phi) is 6.55. The first-order chi connectivity index (χ1) is 14.5. The molecule has 0 N–H and O–H groups in total. The molecule has 160 valence electrons. The maximum Gasteiger partial charge on any atom is 0.292 e. The zero-order chi connectivity index (χ0) is 21.1. The van der Waals surface area contributed by atoms with E-state index in [1.807, 2.05) is 21.9 Å². The maximum atomic E-state index is 13.0. The van der Waals surface area contributed by atoms with Crippen LogP contribution >= 0.6 is 22.9 Å². The third-order valence-electron chi connectivity index (χ3n) is 5.96. The number of anilines is 1. The average molecular weight is 449 g/mol. The van der Waals surface area contributed by atoms with Crippen LogP contribution in [0, 0.1) is 16.0 Å². The average Bonchev–Trinajstić information content (AvgIpc) is 3.18. The summed E-state index contributed by atoms with van der Waals surface area (Å²) in [5, 5.41) is 11.3. The van der Waals surface area contributed by atoms with Crippen molar-refractivity contribution in [2.75, 3.05) is 44.2 Å². The lowest BCUT2D eigenvalue weighted by Gasteiger charge is -2.38. The van der Waals surface area contributed by atoms with Gasteiger partial charge in [-0.2, -0.15) is 0 Å². The van der Waals surface area contributed by atoms with Crippen molar-refractivity contribution in [1.29, 1.82) is 0 Å². The molecule has 0 aliphatic carbocycles. The van der Waals surface area contributed by atoms with Gasteiger partial charge in [0.15, 0.2) is 0 Å². The number of carbonyl (C=O) groups is 1. The standard InChI is InChI=1S/C21H25ClN4O3S/c22-20-6-5-17(30-20)15-23-11-13-25(14-12-23)21(27)16-7-9-24(10-8-16)18-3-1-2-4-19(18)26(28)29/h1-6,16H,7-15H2. The van der Waals surface area contributed by atoms with E-state index in [9.17, 15) is 14.9 Å². The molecule has 4 rings (SSSR count). The second-order valence-electron chi connectivity index (χ2n) is 7.81. The first-order valence-corrected chi connectivity index (χ1v) is 11.4. The minimum absolute atomic E-state index is 0.00618. The maximum absolute atomic E-state index is 13.0. The predicted molar refractivity (Wildman–Crippen MR) is 119 cm³/mol. The van der Waals surface area contributed by atoms with E-state index >= 15 is 0 Å². The fourth-order valence-corrected chi connectivity index (χ4v) is 5.43. The van der Waals surface area contributed by atoms with Crippen LogP contribution in [0.4, 0.5) is 11.4 Å². The van der Waals surface area contributed by atoms with Gasteiger partial charge in [0.05, 0.1) is 9.26 Å². The van der Waals surface area contributed by atoms with E-state index in [4.69, 9.17) is 11.6 Å². The summed E-state index contributed by atoms with van der Waals surface area (Å²) in [6, 6.07) is 10.8. The Hall–Kier alpha value is -2.16. The topological polar surface area (TPSA) is 69.9 Å². The quantitative estimate of drug-likeness (QED) is 0.513. The Morgan fingerprint density at radius 3 is 2.40 bits per heavy atom. The molecule has 2 aliphatic rings. The second-order valence-corrected chi connectivity index (χ2v) is 9.61. The molecule has 0 unspecified atom stereocenters. The van der Waals surface area contributed by atoms with Crippen LogP contribution in [0.25, 0.3) is 0 Å². The zero-order valence-electron chi connectivity index (χ0n) is 16.7. The highest BCUT2D eigenvalue weighted by atomic mass is 35.5. The van der Waals surface area contributed by atoms with Gasteiger partial charge in [0.25, 0.3) is 5.69 Å². The summed E-state index contributed by atoms with van der Waals surface area (Å²) in [7, 11) is 0. The molecule has 2 saturated heterocycles. The molecular formula is C21H25ClN4O3S. The third-order valence-corrected chi connectivity index (χ3v) is 7.17. The smallest absolute Gasteiger partial charge is 0.292 e. The Bertz CT molecular complexity index is 905. The number of nitro benzene ring substituents is 1. The van der Waals surface area contributed by atoms with E-state index in [2.05, 4.69) is 11.0 Å². The Morgan fingerprint density at radius 1 is 1.07 bits per heavy atom. The van der Waals surface area contributed by atoms with Crippen LogP contribution in [0.3, 0.4) is 0 Å². The van der Waals surface area contributed by atoms with Gasteiger partial charge in [-0.05, 0) is 31.0 Å². The van der Waals surface area contributed by atoms with Crippen molar-refractivity contribution in [3.8, 4) is 0 Å². The van der Waals surface area contributed by atoms with Gasteiger partial charge in [-0.3, -0.25) is 19.8 Å². The van der Waals surface area contributed by atoms with Crippen LogP contribution in [0.2, 0.25) is 4.34 Å². The number of piperidine rings is 1. The SMILES string of the molecule is O=C(C1CCN(c2ccccc2[N+](=O)[O-])CC1)N1CCN(Cc2ccc(Cl)s2)CC1. The lowest BCUT2D eigenvalue weighted by atomic mass is 9.94. The summed E-state index contributed by atoms with van der Waals surface area (Å²) in [5.41, 5.74) is 0.779. The lowest BCUT2D eigenvalue weighted by Crippen LogP contribution is -2.51. The van der Waals surface area contributed by atoms with Gasteiger partial charge in [-0.25, -0.2) is 0 Å². The summed E-state index contributed by atoms with van der Waals surface area (Å²) in [5.74, 6) is 0.239. The predicted octanol–water partition coefficient (Wildman–Crippen LogP) is 3.87. The molecule has 1 aromatic carbocycles. The molecule has 9 heteroatoms. The molecule has 1 aromatic heterocycles. The van der Waals surface area contributed by atoms with Gasteiger partial charge in [0.1, 0.15) is 5.69 Å². The van der Waals surface area contributed by atoms with Gasteiger partial charge < -0.3 is 9.80 Å². The summed E-state index contributed by atoms with van der Waals surface area (Å²) >= 11 is 7.62. The molecule has 2 aromatic rings. The van der Waals surface area contributed by atoms with Crippen molar-refractivity contribution in [2.45, 2.75) is 19.4 Å². The summed E-state index contributed by atoms with van der Waals surface area (Å²) < 4.78 is 0.811. The number of para-hydroxylation sites is 2. The van der Waals surface area contributed by atoms with Crippen molar-refractivity contribution in [2.24, 2.45) is 5.92 Å². The van der Waals surface area contributed by atoms with E-state index in [1.54, 1.807) is 23.5 Å². The Balaban J connectivity index is 1.27. The van der Waals surface area contributed by atoms with Gasteiger partial charge in [0.2, 0.25) is 5.91 Å². The van der Waals surface area contributed by atoms with Crippen LogP contribution in [0.1, 0.15) is 17.7 Å². The van der Waals surface area contributed by atoms with Gasteiger partial charge >= 0.3 is 0 Å². The number of nitrogens with zero attached hydrogens (tertiary/aromatic N) is 4. The molecule has 2 aliphatic heterocycles. The molecule has 30 heavy (non-hydrogen) atoms. The minimum atomic E-state index is -0.337. The monoisotopic (exact) mass is 448 g/mol. The molecule has 3 heterocycles. The number of halogens is 1. The van der Waals surface area contributed by atoms with Crippen LogP contribution < -0.4 is 4.90 Å². The van der Waals surface area contributed by atoms with Crippen LogP contribution in [0.5, 0.6) is 0 Å². The lowest BCUT2D eigenvalue weighted by molar-refractivity contribution is -0.384. The number of rotatable bonds is 5. The number of amides is 1. The molecule has 2 fully saturated rings. The number of benzene rings is 1. The van der Waals surface area contributed by atoms with Crippen LogP contribution in [0.15, 0.2) is 36.4 Å². The molecular weight excluding hydrogens is 424 g/mol. The van der Waals surface area contributed by atoms with Gasteiger partial charge in [-0.15, -0.1) is 11.3 Å². The molecule has 0 atom stereocenters. The molecule has 0 spiro atoms. The van der Waals surface area contributed by atoms with Crippen molar-refractivity contribution in [1.82, 2.24) is 9.80 Å². The van der Waals surface area contributed by atoms with E-state index in [0.717, 1.165) is 49.9 Å². The normalized spacial score (nSPS) is 18.6. The summed E-state index contributed by atoms with van der Waals surface area (Å²) in [6.45, 7) is 5.46. The summed E-state index contributed by atoms with van der Waals surface area (Å²) in [6.07, 6.45) is 1.47. The zero-order valence-corrected chi connectivity index (χ0v) is 18.3. The number of thiophene rings is 1. The van der Waals surface area contributed by atoms with Crippen molar-refractivity contribution >= 4 is 40.2 Å². The second kappa shape index (κ2) is 9.32. The van der Waals surface area contributed by atoms with Crippen LogP contribution in [-0.4, -0.2) is 59.9 Å². The number of carbonyl (C=O) groups excluding carboxylic acids is 1. The highest BCUT2D eigenvalue weighted by Gasteiger charge is 2.32. The van der Waals surface area contributed by atoms with Gasteiger partial charge in [-0.1, -0.05) is 23.7 Å².